The lowest BCUT2D eigenvalue weighted by atomic mass is 9.62. The molecule has 0 spiro atoms. The van der Waals surface area contributed by atoms with Crippen molar-refractivity contribution in [2.75, 3.05) is 6.54 Å². The maximum Gasteiger partial charge on any atom is 0.138 e. The van der Waals surface area contributed by atoms with Gasteiger partial charge >= 0.3 is 0 Å². The molecular formula is C16H22ClNO. The molecule has 0 radical (unpaired) electrons. The Morgan fingerprint density at radius 1 is 1.16 bits per heavy atom. The summed E-state index contributed by atoms with van der Waals surface area (Å²) in [6.45, 7) is 2.75. The smallest absolute Gasteiger partial charge is 0.138 e. The number of phenols is 1. The molecule has 0 amide bonds. The molecule has 0 bridgehead atoms. The lowest BCUT2D eigenvalue weighted by Gasteiger charge is -2.43. The van der Waals surface area contributed by atoms with Gasteiger partial charge in [0.15, 0.2) is 0 Å². The van der Waals surface area contributed by atoms with Crippen molar-refractivity contribution in [2.24, 2.45) is 5.73 Å². The monoisotopic (exact) mass is 279 g/mol. The van der Waals surface area contributed by atoms with E-state index in [1.165, 1.54) is 36.0 Å². The average Bonchev–Trinajstić information content (AvgIpc) is 2.39. The van der Waals surface area contributed by atoms with Gasteiger partial charge in [-0.3, -0.25) is 0 Å². The number of phenolic OH excluding ortho intramolecular Hbond substituents is 1. The minimum atomic E-state index is -0.0235. The van der Waals surface area contributed by atoms with E-state index < -0.39 is 0 Å². The van der Waals surface area contributed by atoms with Gasteiger partial charge in [0.2, 0.25) is 0 Å². The second kappa shape index (κ2) is 4.68. The summed E-state index contributed by atoms with van der Waals surface area (Å²) in [6, 6.07) is 0. The molecule has 0 aliphatic heterocycles. The first-order valence-electron chi connectivity index (χ1n) is 7.34. The Labute approximate surface area is 120 Å². The zero-order valence-electron chi connectivity index (χ0n) is 11.6. The van der Waals surface area contributed by atoms with Crippen LogP contribution < -0.4 is 5.73 Å². The van der Waals surface area contributed by atoms with Crippen LogP contribution in [0.3, 0.4) is 0 Å². The van der Waals surface area contributed by atoms with Gasteiger partial charge in [0.25, 0.3) is 0 Å². The highest BCUT2D eigenvalue weighted by atomic mass is 35.5. The number of hydrogen-bond donors (Lipinski definition) is 2. The van der Waals surface area contributed by atoms with Crippen molar-refractivity contribution in [1.29, 1.82) is 0 Å². The summed E-state index contributed by atoms with van der Waals surface area (Å²) in [4.78, 5) is 0. The third-order valence-electron chi connectivity index (χ3n) is 5.24. The van der Waals surface area contributed by atoms with Gasteiger partial charge in [-0.25, -0.2) is 0 Å². The fourth-order valence-electron chi connectivity index (χ4n) is 3.95. The summed E-state index contributed by atoms with van der Waals surface area (Å²) in [5.41, 5.74) is 10.8. The molecule has 0 unspecified atom stereocenters. The lowest BCUT2D eigenvalue weighted by Crippen LogP contribution is -2.42. The normalized spacial score (nSPS) is 20.8. The molecular weight excluding hydrogens is 258 g/mol. The van der Waals surface area contributed by atoms with Crippen LogP contribution in [0.1, 0.15) is 54.4 Å². The van der Waals surface area contributed by atoms with Gasteiger partial charge in [-0.15, -0.1) is 0 Å². The van der Waals surface area contributed by atoms with Gasteiger partial charge in [-0.1, -0.05) is 18.0 Å². The Bertz CT molecular complexity index is 515. The largest absolute Gasteiger partial charge is 0.506 e. The molecule has 3 rings (SSSR count). The number of hydrogen-bond acceptors (Lipinski definition) is 2. The SMILES string of the molecule is Cc1c2c(c(Cl)c(O)c1C1(CN)CCC1)CCCC2. The zero-order valence-corrected chi connectivity index (χ0v) is 12.3. The lowest BCUT2D eigenvalue weighted by molar-refractivity contribution is 0.243. The Kier molecular flexibility index (Phi) is 3.26. The molecule has 3 heteroatoms. The molecule has 1 aromatic rings. The van der Waals surface area contributed by atoms with Crippen molar-refractivity contribution in [3.63, 3.8) is 0 Å². The first-order valence-corrected chi connectivity index (χ1v) is 7.72. The minimum absolute atomic E-state index is 0.0235. The zero-order chi connectivity index (χ0) is 13.6. The highest BCUT2D eigenvalue weighted by Crippen LogP contribution is 2.51. The van der Waals surface area contributed by atoms with Gasteiger partial charge in [-0.2, -0.15) is 0 Å². The molecule has 1 fully saturated rings. The van der Waals surface area contributed by atoms with E-state index >= 15 is 0 Å². The van der Waals surface area contributed by atoms with Crippen molar-refractivity contribution >= 4 is 11.6 Å². The first-order chi connectivity index (χ1) is 9.10. The quantitative estimate of drug-likeness (QED) is 0.869. The van der Waals surface area contributed by atoms with Gasteiger partial charge in [0.05, 0.1) is 5.02 Å². The van der Waals surface area contributed by atoms with Gasteiger partial charge in [0.1, 0.15) is 5.75 Å². The second-order valence-corrected chi connectivity index (χ2v) is 6.54. The summed E-state index contributed by atoms with van der Waals surface area (Å²) >= 11 is 6.44. The molecule has 2 aliphatic carbocycles. The molecule has 3 N–H and O–H groups in total. The Morgan fingerprint density at radius 2 is 1.79 bits per heavy atom. The van der Waals surface area contributed by atoms with E-state index in [0.717, 1.165) is 31.2 Å². The maximum absolute atomic E-state index is 10.6. The highest BCUT2D eigenvalue weighted by Gasteiger charge is 2.42. The molecule has 0 aromatic heterocycles. The van der Waals surface area contributed by atoms with E-state index in [4.69, 9.17) is 17.3 Å². The molecule has 2 aliphatic rings. The third kappa shape index (κ3) is 1.80. The summed E-state index contributed by atoms with van der Waals surface area (Å²) in [5.74, 6) is 0.310. The fraction of sp³-hybridized carbons (Fsp3) is 0.625. The first kappa shape index (κ1) is 13.3. The Hall–Kier alpha value is -0.730. The van der Waals surface area contributed by atoms with Crippen LogP contribution in [0.25, 0.3) is 0 Å². The van der Waals surface area contributed by atoms with Gasteiger partial charge < -0.3 is 10.8 Å². The minimum Gasteiger partial charge on any atom is -0.506 e. The summed E-state index contributed by atoms with van der Waals surface area (Å²) in [7, 11) is 0. The standard InChI is InChI=1S/C16H22ClNO/c1-10-11-5-2-3-6-12(11)14(17)15(19)13(10)16(9-18)7-4-8-16/h19H,2-9,18H2,1H3. The molecule has 0 saturated heterocycles. The number of halogens is 1. The van der Waals surface area contributed by atoms with Crippen molar-refractivity contribution in [2.45, 2.75) is 57.3 Å². The summed E-state index contributed by atoms with van der Waals surface area (Å²) in [6.07, 6.45) is 7.84. The summed E-state index contributed by atoms with van der Waals surface area (Å²) in [5, 5.41) is 11.2. The number of rotatable bonds is 2. The molecule has 2 nitrogen and oxygen atoms in total. The molecule has 1 aromatic carbocycles. The van der Waals surface area contributed by atoms with Crippen LogP contribution in [-0.4, -0.2) is 11.7 Å². The van der Waals surface area contributed by atoms with E-state index in [9.17, 15) is 5.11 Å². The number of fused-ring (bicyclic) bond motifs is 1. The highest BCUT2D eigenvalue weighted by molar-refractivity contribution is 6.33. The van der Waals surface area contributed by atoms with Crippen LogP contribution >= 0.6 is 11.6 Å². The van der Waals surface area contributed by atoms with Crippen LogP contribution in [0.4, 0.5) is 0 Å². The fourth-order valence-corrected chi connectivity index (χ4v) is 4.25. The van der Waals surface area contributed by atoms with Crippen molar-refractivity contribution < 1.29 is 5.11 Å². The predicted octanol–water partition coefficient (Wildman–Crippen LogP) is 3.61. The van der Waals surface area contributed by atoms with Crippen molar-refractivity contribution in [3.8, 4) is 5.75 Å². The molecule has 104 valence electrons. The van der Waals surface area contributed by atoms with Gasteiger partial charge in [0, 0.05) is 17.5 Å². The van der Waals surface area contributed by atoms with Gasteiger partial charge in [-0.05, 0) is 62.1 Å². The molecule has 19 heavy (non-hydrogen) atoms. The van der Waals surface area contributed by atoms with E-state index in [0.29, 0.717) is 17.3 Å². The molecule has 0 atom stereocenters. The van der Waals surface area contributed by atoms with Crippen LogP contribution in [0.2, 0.25) is 5.02 Å². The third-order valence-corrected chi connectivity index (χ3v) is 5.64. The van der Waals surface area contributed by atoms with Crippen LogP contribution in [0.5, 0.6) is 5.75 Å². The number of aromatic hydroxyl groups is 1. The van der Waals surface area contributed by atoms with E-state index in [-0.39, 0.29) is 5.41 Å². The van der Waals surface area contributed by atoms with Crippen LogP contribution in [0.15, 0.2) is 0 Å². The van der Waals surface area contributed by atoms with Crippen molar-refractivity contribution in [1.82, 2.24) is 0 Å². The van der Waals surface area contributed by atoms with E-state index in [2.05, 4.69) is 6.92 Å². The molecule has 0 heterocycles. The van der Waals surface area contributed by atoms with E-state index in [1.54, 1.807) is 0 Å². The van der Waals surface area contributed by atoms with Crippen LogP contribution in [0, 0.1) is 6.92 Å². The number of benzene rings is 1. The van der Waals surface area contributed by atoms with Crippen LogP contribution in [-0.2, 0) is 18.3 Å². The Morgan fingerprint density at radius 3 is 2.32 bits per heavy atom. The summed E-state index contributed by atoms with van der Waals surface area (Å²) < 4.78 is 0. The topological polar surface area (TPSA) is 46.2 Å². The molecule has 1 saturated carbocycles. The Balaban J connectivity index is 2.22. The van der Waals surface area contributed by atoms with E-state index in [1.807, 2.05) is 0 Å². The maximum atomic E-state index is 10.6. The predicted molar refractivity (Wildman–Crippen MR) is 79.1 cm³/mol. The number of nitrogens with two attached hydrogens (primary N) is 1. The van der Waals surface area contributed by atoms with Crippen molar-refractivity contribution in [3.05, 3.63) is 27.3 Å². The average molecular weight is 280 g/mol. The second-order valence-electron chi connectivity index (χ2n) is 6.16.